The minimum Gasteiger partial charge on any atom is -0.266 e. The van der Waals surface area contributed by atoms with Crippen LogP contribution in [0, 0.1) is 0 Å². The molecular formula is C11H13F3N2O3S. The lowest BCUT2D eigenvalue weighted by molar-refractivity contribution is -0.0446. The smallest absolute Gasteiger partial charge is 0.266 e. The molecule has 0 bridgehead atoms. The van der Waals surface area contributed by atoms with Gasteiger partial charge in [-0.3, -0.25) is 4.79 Å². The number of alkyl halides is 3. The summed E-state index contributed by atoms with van der Waals surface area (Å²) >= 11 is 0. The number of sulfonamides is 1. The monoisotopic (exact) mass is 310 g/mol. The molecule has 0 aliphatic heterocycles. The van der Waals surface area contributed by atoms with Gasteiger partial charge in [0.1, 0.15) is 5.69 Å². The van der Waals surface area contributed by atoms with Crippen LogP contribution < -0.4 is 4.72 Å². The molecule has 1 N–H and O–H groups in total. The van der Waals surface area contributed by atoms with Crippen LogP contribution in [0.5, 0.6) is 0 Å². The molecule has 1 rings (SSSR count). The topological polar surface area (TPSA) is 76.1 Å². The molecule has 0 fully saturated rings. The van der Waals surface area contributed by atoms with Crippen LogP contribution in [0.15, 0.2) is 18.2 Å². The summed E-state index contributed by atoms with van der Waals surface area (Å²) in [5.74, 6) is -1.42. The molecule has 1 heterocycles. The van der Waals surface area contributed by atoms with Crippen LogP contribution in [0.2, 0.25) is 0 Å². The van der Waals surface area contributed by atoms with E-state index in [0.29, 0.717) is 5.69 Å². The van der Waals surface area contributed by atoms with Gasteiger partial charge < -0.3 is 0 Å². The molecule has 0 radical (unpaired) electrons. The van der Waals surface area contributed by atoms with Crippen molar-refractivity contribution in [3.8, 4) is 0 Å². The van der Waals surface area contributed by atoms with Gasteiger partial charge in [0, 0.05) is 11.1 Å². The van der Waals surface area contributed by atoms with Crippen molar-refractivity contribution in [2.24, 2.45) is 0 Å². The lowest BCUT2D eigenvalue weighted by Gasteiger charge is -2.18. The maximum atomic E-state index is 12.2. The Kier molecular flexibility index (Phi) is 4.14. The van der Waals surface area contributed by atoms with E-state index in [2.05, 4.69) is 4.98 Å². The minimum atomic E-state index is -5.73. The Hall–Kier alpha value is -1.64. The fourth-order valence-corrected chi connectivity index (χ4v) is 1.68. The second-order valence-corrected chi connectivity index (χ2v) is 6.71. The molecule has 0 unspecified atom stereocenters. The molecule has 0 saturated heterocycles. The van der Waals surface area contributed by atoms with Gasteiger partial charge in [-0.25, -0.2) is 9.71 Å². The Morgan fingerprint density at radius 1 is 1.20 bits per heavy atom. The number of halogens is 3. The molecule has 0 atom stereocenters. The molecule has 0 spiro atoms. The van der Waals surface area contributed by atoms with Crippen LogP contribution in [0.4, 0.5) is 13.2 Å². The SMILES string of the molecule is CC(C)(C)c1cccc(C(=O)NS(=O)(=O)C(F)(F)F)n1. The van der Waals surface area contributed by atoms with Gasteiger partial charge in [-0.15, -0.1) is 0 Å². The molecule has 20 heavy (non-hydrogen) atoms. The highest BCUT2D eigenvalue weighted by Crippen LogP contribution is 2.22. The van der Waals surface area contributed by atoms with E-state index in [-0.39, 0.29) is 0 Å². The van der Waals surface area contributed by atoms with Gasteiger partial charge in [-0.1, -0.05) is 26.8 Å². The summed E-state index contributed by atoms with van der Waals surface area (Å²) in [6.45, 7) is 5.39. The Balaban J connectivity index is 3.07. The summed E-state index contributed by atoms with van der Waals surface area (Å²) in [4.78, 5) is 15.4. The van der Waals surface area contributed by atoms with Gasteiger partial charge >= 0.3 is 15.5 Å². The number of rotatable bonds is 2. The van der Waals surface area contributed by atoms with Crippen molar-refractivity contribution in [3.05, 3.63) is 29.6 Å². The highest BCUT2D eigenvalue weighted by Gasteiger charge is 2.47. The number of hydrogen-bond acceptors (Lipinski definition) is 4. The van der Waals surface area contributed by atoms with Crippen molar-refractivity contribution in [2.45, 2.75) is 31.7 Å². The Bertz CT molecular complexity index is 619. The maximum Gasteiger partial charge on any atom is 0.516 e. The maximum absolute atomic E-state index is 12.2. The van der Waals surface area contributed by atoms with Crippen molar-refractivity contribution in [1.82, 2.24) is 9.71 Å². The molecule has 0 aliphatic rings. The van der Waals surface area contributed by atoms with Crippen LogP contribution in [0.25, 0.3) is 0 Å². The molecule has 1 amide bonds. The average Bonchev–Trinajstić information content (AvgIpc) is 2.26. The average molecular weight is 310 g/mol. The van der Waals surface area contributed by atoms with Crippen molar-refractivity contribution >= 4 is 15.9 Å². The first kappa shape index (κ1) is 16.4. The zero-order chi connectivity index (χ0) is 15.8. The second-order valence-electron chi connectivity index (χ2n) is 5.04. The van der Waals surface area contributed by atoms with E-state index in [0.717, 1.165) is 10.8 Å². The van der Waals surface area contributed by atoms with Crippen LogP contribution in [-0.4, -0.2) is 24.8 Å². The van der Waals surface area contributed by atoms with Crippen molar-refractivity contribution in [3.63, 3.8) is 0 Å². The van der Waals surface area contributed by atoms with Crippen molar-refractivity contribution in [2.75, 3.05) is 0 Å². The molecule has 9 heteroatoms. The predicted octanol–water partition coefficient (Wildman–Crippen LogP) is 1.96. The normalized spacial score (nSPS) is 13.1. The molecule has 1 aromatic heterocycles. The van der Waals surface area contributed by atoms with E-state index >= 15 is 0 Å². The highest BCUT2D eigenvalue weighted by molar-refractivity contribution is 7.90. The Morgan fingerprint density at radius 2 is 1.75 bits per heavy atom. The van der Waals surface area contributed by atoms with Gasteiger partial charge in [0.15, 0.2) is 0 Å². The third-order valence-electron chi connectivity index (χ3n) is 2.28. The summed E-state index contributed by atoms with van der Waals surface area (Å²) in [5, 5.41) is 0. The second kappa shape index (κ2) is 5.04. The quantitative estimate of drug-likeness (QED) is 0.906. The van der Waals surface area contributed by atoms with Gasteiger partial charge in [0.05, 0.1) is 0 Å². The number of pyridine rings is 1. The molecule has 1 aromatic rings. The van der Waals surface area contributed by atoms with Crippen LogP contribution >= 0.6 is 0 Å². The van der Waals surface area contributed by atoms with Gasteiger partial charge in [-0.2, -0.15) is 21.6 Å². The number of carbonyl (C=O) groups excluding carboxylic acids is 1. The molecule has 0 aliphatic carbocycles. The van der Waals surface area contributed by atoms with Crippen LogP contribution in [0.3, 0.4) is 0 Å². The molecule has 0 saturated carbocycles. The van der Waals surface area contributed by atoms with Crippen molar-refractivity contribution in [1.29, 1.82) is 0 Å². The summed E-state index contributed by atoms with van der Waals surface area (Å²) in [6, 6.07) is 4.15. The third kappa shape index (κ3) is 3.69. The lowest BCUT2D eigenvalue weighted by Crippen LogP contribution is -2.40. The van der Waals surface area contributed by atoms with E-state index in [1.807, 2.05) is 0 Å². The Morgan fingerprint density at radius 3 is 2.20 bits per heavy atom. The summed E-state index contributed by atoms with van der Waals surface area (Å²) < 4.78 is 59.1. The number of aromatic nitrogens is 1. The van der Waals surface area contributed by atoms with Gasteiger partial charge in [0.25, 0.3) is 5.91 Å². The molecule has 5 nitrogen and oxygen atoms in total. The summed E-state index contributed by atoms with van der Waals surface area (Å²) in [5.41, 5.74) is -5.93. The largest absolute Gasteiger partial charge is 0.516 e. The van der Waals surface area contributed by atoms with Crippen LogP contribution in [-0.2, 0) is 15.4 Å². The predicted molar refractivity (Wildman–Crippen MR) is 65.4 cm³/mol. The lowest BCUT2D eigenvalue weighted by atomic mass is 9.91. The van der Waals surface area contributed by atoms with E-state index < -0.39 is 32.5 Å². The number of nitrogens with zero attached hydrogens (tertiary/aromatic N) is 1. The van der Waals surface area contributed by atoms with Crippen LogP contribution in [0.1, 0.15) is 37.0 Å². The number of carbonyl (C=O) groups is 1. The van der Waals surface area contributed by atoms with E-state index in [1.54, 1.807) is 26.8 Å². The Labute approximate surface area is 114 Å². The first-order chi connectivity index (χ1) is 8.84. The number of amides is 1. The fraction of sp³-hybridized carbons (Fsp3) is 0.455. The third-order valence-corrected chi connectivity index (χ3v) is 3.35. The summed E-state index contributed by atoms with van der Waals surface area (Å²) in [6.07, 6.45) is 0. The van der Waals surface area contributed by atoms with Gasteiger partial charge in [0.2, 0.25) is 0 Å². The first-order valence-corrected chi connectivity index (χ1v) is 6.94. The summed E-state index contributed by atoms with van der Waals surface area (Å²) in [7, 11) is -5.73. The standard InChI is InChI=1S/C11H13F3N2O3S/c1-10(2,3)8-6-4-5-7(15-8)9(17)16-20(18,19)11(12,13)14/h4-6H,1-3H3,(H,16,17). The van der Waals surface area contributed by atoms with E-state index in [1.165, 1.54) is 6.07 Å². The first-order valence-electron chi connectivity index (χ1n) is 5.45. The fourth-order valence-electron chi connectivity index (χ4n) is 1.21. The van der Waals surface area contributed by atoms with Gasteiger partial charge in [-0.05, 0) is 12.1 Å². The molecule has 112 valence electrons. The van der Waals surface area contributed by atoms with E-state index in [9.17, 15) is 26.4 Å². The zero-order valence-electron chi connectivity index (χ0n) is 10.9. The highest BCUT2D eigenvalue weighted by atomic mass is 32.2. The number of hydrogen-bond donors (Lipinski definition) is 1. The minimum absolute atomic E-state index is 0.398. The number of nitrogens with one attached hydrogen (secondary N) is 1. The van der Waals surface area contributed by atoms with Crippen molar-refractivity contribution < 1.29 is 26.4 Å². The zero-order valence-corrected chi connectivity index (χ0v) is 11.8. The molecular weight excluding hydrogens is 297 g/mol. The van der Waals surface area contributed by atoms with E-state index in [4.69, 9.17) is 0 Å². The molecule has 0 aromatic carbocycles.